The van der Waals surface area contributed by atoms with E-state index in [0.717, 1.165) is 0 Å². The topological polar surface area (TPSA) is 105 Å². The third-order valence-corrected chi connectivity index (χ3v) is 1.55. The number of carboxylic acid groups (broad SMARTS) is 1. The zero-order chi connectivity index (χ0) is 14.3. The van der Waals surface area contributed by atoms with E-state index in [-0.39, 0.29) is 11.8 Å². The normalized spacial score (nSPS) is 18.6. The van der Waals surface area contributed by atoms with E-state index in [1.54, 1.807) is 0 Å². The van der Waals surface area contributed by atoms with Crippen molar-refractivity contribution in [2.75, 3.05) is 13.3 Å². The molecule has 0 aromatic carbocycles. The number of aliphatic carboxylic acids is 1. The lowest BCUT2D eigenvalue weighted by molar-refractivity contribution is -0.192. The molecule has 1 fully saturated rings. The first-order valence-corrected chi connectivity index (χ1v) is 4.58. The van der Waals surface area contributed by atoms with Gasteiger partial charge in [-0.2, -0.15) is 13.2 Å². The van der Waals surface area contributed by atoms with Crippen LogP contribution in [-0.4, -0.2) is 48.4 Å². The summed E-state index contributed by atoms with van der Waals surface area (Å²) >= 11 is 0. The van der Waals surface area contributed by atoms with Gasteiger partial charge in [0.25, 0.3) is 5.91 Å². The Balaban J connectivity index is 0.000000360. The van der Waals surface area contributed by atoms with Gasteiger partial charge < -0.3 is 9.84 Å². The van der Waals surface area contributed by atoms with Crippen molar-refractivity contribution >= 4 is 17.8 Å². The molecule has 0 aromatic rings. The zero-order valence-electron chi connectivity index (χ0n) is 9.21. The molecule has 1 aliphatic heterocycles. The first-order valence-electron chi connectivity index (χ1n) is 4.58. The van der Waals surface area contributed by atoms with Gasteiger partial charge in [0.2, 0.25) is 5.91 Å². The lowest BCUT2D eigenvalue weighted by Crippen LogP contribution is -2.39. The maximum absolute atomic E-state index is 11.0. The average Bonchev–Trinajstić information content (AvgIpc) is 2.68. The lowest BCUT2D eigenvalue weighted by Gasteiger charge is -2.05. The predicted molar refractivity (Wildman–Crippen MR) is 50.3 cm³/mol. The van der Waals surface area contributed by atoms with Crippen molar-refractivity contribution in [3.8, 4) is 0 Å². The summed E-state index contributed by atoms with van der Waals surface area (Å²) in [5.74, 6) is -3.49. The standard InChI is InChI=1S/C6H10N2O3.C2HF3O2/c1-4(9)8-6(10)5-2-7-3-11-5;3-2(4,5)1(6)7/h5,7H,2-3H2,1H3,(H,8,9,10);(H,6,7). The highest BCUT2D eigenvalue weighted by atomic mass is 19.4. The second-order valence-electron chi connectivity index (χ2n) is 3.10. The number of nitrogens with one attached hydrogen (secondary N) is 2. The Morgan fingerprint density at radius 1 is 1.39 bits per heavy atom. The molecule has 18 heavy (non-hydrogen) atoms. The number of hydrogen-bond acceptors (Lipinski definition) is 5. The smallest absolute Gasteiger partial charge is 0.475 e. The van der Waals surface area contributed by atoms with E-state index in [1.165, 1.54) is 6.92 Å². The van der Waals surface area contributed by atoms with Crippen LogP contribution < -0.4 is 10.6 Å². The molecular formula is C8H11F3N2O5. The number of imide groups is 1. The van der Waals surface area contributed by atoms with Crippen molar-refractivity contribution in [1.29, 1.82) is 0 Å². The third-order valence-electron chi connectivity index (χ3n) is 1.55. The summed E-state index contributed by atoms with van der Waals surface area (Å²) in [7, 11) is 0. The number of carbonyl (C=O) groups is 3. The molecule has 1 atom stereocenters. The minimum absolute atomic E-state index is 0.356. The first-order chi connectivity index (χ1) is 8.14. The number of ether oxygens (including phenoxy) is 1. The highest BCUT2D eigenvalue weighted by molar-refractivity contribution is 5.96. The van der Waals surface area contributed by atoms with Crippen molar-refractivity contribution in [3.63, 3.8) is 0 Å². The monoisotopic (exact) mass is 272 g/mol. The summed E-state index contributed by atoms with van der Waals surface area (Å²) in [5.41, 5.74) is 0. The van der Waals surface area contributed by atoms with Gasteiger partial charge in [0.15, 0.2) is 6.10 Å². The molecule has 10 heteroatoms. The van der Waals surface area contributed by atoms with Crippen LogP contribution in [0.1, 0.15) is 6.92 Å². The van der Waals surface area contributed by atoms with Crippen molar-refractivity contribution in [3.05, 3.63) is 0 Å². The molecule has 1 heterocycles. The highest BCUT2D eigenvalue weighted by Gasteiger charge is 2.38. The Hall–Kier alpha value is -1.68. The van der Waals surface area contributed by atoms with Crippen LogP contribution in [-0.2, 0) is 19.1 Å². The Morgan fingerprint density at radius 2 is 1.89 bits per heavy atom. The van der Waals surface area contributed by atoms with Gasteiger partial charge in [-0.3, -0.25) is 20.2 Å². The zero-order valence-corrected chi connectivity index (χ0v) is 9.21. The van der Waals surface area contributed by atoms with Gasteiger partial charge in [-0.15, -0.1) is 0 Å². The number of hydrogen-bond donors (Lipinski definition) is 3. The molecule has 3 N–H and O–H groups in total. The van der Waals surface area contributed by atoms with Gasteiger partial charge in [-0.1, -0.05) is 0 Å². The summed E-state index contributed by atoms with van der Waals surface area (Å²) in [6.07, 6.45) is -5.60. The van der Waals surface area contributed by atoms with E-state index in [9.17, 15) is 22.8 Å². The molecule has 0 aliphatic carbocycles. The van der Waals surface area contributed by atoms with E-state index >= 15 is 0 Å². The van der Waals surface area contributed by atoms with Gasteiger partial charge in [-0.05, 0) is 0 Å². The first kappa shape index (κ1) is 16.3. The van der Waals surface area contributed by atoms with Crippen LogP contribution in [0.25, 0.3) is 0 Å². The fourth-order valence-corrected chi connectivity index (χ4v) is 0.831. The number of halogens is 3. The number of carboxylic acids is 1. The van der Waals surface area contributed by atoms with E-state index < -0.39 is 18.2 Å². The van der Waals surface area contributed by atoms with Crippen molar-refractivity contribution in [1.82, 2.24) is 10.6 Å². The molecule has 0 bridgehead atoms. The van der Waals surface area contributed by atoms with Crippen LogP contribution in [0.15, 0.2) is 0 Å². The van der Waals surface area contributed by atoms with Gasteiger partial charge >= 0.3 is 12.1 Å². The molecular weight excluding hydrogens is 261 g/mol. The van der Waals surface area contributed by atoms with Crippen molar-refractivity contribution in [2.45, 2.75) is 19.2 Å². The van der Waals surface area contributed by atoms with Crippen LogP contribution in [0.2, 0.25) is 0 Å². The Morgan fingerprint density at radius 3 is 2.17 bits per heavy atom. The van der Waals surface area contributed by atoms with Crippen molar-refractivity contribution in [2.24, 2.45) is 0 Å². The Kier molecular flexibility index (Phi) is 6.27. The van der Waals surface area contributed by atoms with Gasteiger partial charge in [0, 0.05) is 13.5 Å². The highest BCUT2D eigenvalue weighted by Crippen LogP contribution is 2.13. The van der Waals surface area contributed by atoms with Crippen LogP contribution in [0.3, 0.4) is 0 Å². The predicted octanol–water partition coefficient (Wildman–Crippen LogP) is -0.772. The van der Waals surface area contributed by atoms with Crippen LogP contribution in [0.4, 0.5) is 13.2 Å². The number of rotatable bonds is 1. The second kappa shape index (κ2) is 6.91. The Labute approximate surface area is 99.3 Å². The largest absolute Gasteiger partial charge is 0.490 e. The molecule has 7 nitrogen and oxygen atoms in total. The van der Waals surface area contributed by atoms with Crippen molar-refractivity contribution < 1.29 is 37.4 Å². The number of amides is 2. The van der Waals surface area contributed by atoms with Crippen LogP contribution >= 0.6 is 0 Å². The van der Waals surface area contributed by atoms with Gasteiger partial charge in [-0.25, -0.2) is 4.79 Å². The van der Waals surface area contributed by atoms with Gasteiger partial charge in [0.05, 0.1) is 6.73 Å². The summed E-state index contributed by atoms with van der Waals surface area (Å²) in [4.78, 5) is 30.3. The van der Waals surface area contributed by atoms with Crippen LogP contribution in [0, 0.1) is 0 Å². The second-order valence-corrected chi connectivity index (χ2v) is 3.10. The summed E-state index contributed by atoms with van der Waals surface area (Å²) < 4.78 is 36.7. The molecule has 0 spiro atoms. The summed E-state index contributed by atoms with van der Waals surface area (Å²) in [5, 5.41) is 12.1. The minimum atomic E-state index is -5.08. The lowest BCUT2D eigenvalue weighted by atomic mass is 10.3. The summed E-state index contributed by atoms with van der Waals surface area (Å²) in [6, 6.07) is 0. The summed E-state index contributed by atoms with van der Waals surface area (Å²) in [6.45, 7) is 2.13. The number of carbonyl (C=O) groups excluding carboxylic acids is 2. The molecule has 1 rings (SSSR count). The third kappa shape index (κ3) is 6.81. The number of alkyl halides is 3. The van der Waals surface area contributed by atoms with E-state index in [0.29, 0.717) is 13.3 Å². The maximum atomic E-state index is 11.0. The molecule has 0 saturated carbocycles. The van der Waals surface area contributed by atoms with Crippen LogP contribution in [0.5, 0.6) is 0 Å². The molecule has 1 aliphatic rings. The molecule has 104 valence electrons. The fourth-order valence-electron chi connectivity index (χ4n) is 0.831. The molecule has 1 saturated heterocycles. The van der Waals surface area contributed by atoms with E-state index in [1.807, 2.05) is 0 Å². The van der Waals surface area contributed by atoms with Gasteiger partial charge in [0.1, 0.15) is 0 Å². The molecule has 0 radical (unpaired) electrons. The maximum Gasteiger partial charge on any atom is 0.490 e. The van der Waals surface area contributed by atoms with E-state index in [2.05, 4.69) is 10.6 Å². The Bertz CT molecular complexity index is 325. The van der Waals surface area contributed by atoms with E-state index in [4.69, 9.17) is 14.6 Å². The quantitative estimate of drug-likeness (QED) is 0.579. The fraction of sp³-hybridized carbons (Fsp3) is 0.625. The SMILES string of the molecule is CC(=O)NC(=O)C1CNCO1.O=C(O)C(F)(F)F. The minimum Gasteiger partial charge on any atom is -0.475 e. The average molecular weight is 272 g/mol. The molecule has 0 aromatic heterocycles. The molecule has 1 unspecified atom stereocenters. The molecule has 2 amide bonds.